The molecule has 0 unspecified atom stereocenters. The Morgan fingerprint density at radius 2 is 1.88 bits per heavy atom. The van der Waals surface area contributed by atoms with Crippen LogP contribution in [0.5, 0.6) is 0 Å². The number of nitrogens with one attached hydrogen (secondary N) is 1. The molecule has 2 aromatic rings. The predicted molar refractivity (Wildman–Crippen MR) is 102 cm³/mol. The zero-order chi connectivity index (χ0) is 18.7. The topological polar surface area (TPSA) is 87.4 Å². The minimum atomic E-state index is -0.405. The van der Waals surface area contributed by atoms with E-state index in [0.717, 1.165) is 37.2 Å². The normalized spacial score (nSPS) is 15.7. The minimum Gasteiger partial charge on any atom is -0.351 e. The number of nitrogens with zero attached hydrogens (tertiary/aromatic N) is 5. The molecule has 0 saturated carbocycles. The number of anilines is 3. The fraction of sp³-hybridized carbons (Fsp3) is 0.444. The van der Waals surface area contributed by atoms with E-state index in [1.165, 1.54) is 6.33 Å². The van der Waals surface area contributed by atoms with Gasteiger partial charge in [0.1, 0.15) is 6.33 Å². The quantitative estimate of drug-likeness (QED) is 0.651. The summed E-state index contributed by atoms with van der Waals surface area (Å²) in [6.45, 7) is 3.94. The summed E-state index contributed by atoms with van der Waals surface area (Å²) < 4.78 is 0. The Balaban J connectivity index is 1.90. The highest BCUT2D eigenvalue weighted by Gasteiger charge is 2.30. The molecule has 0 radical (unpaired) electrons. The first-order valence-corrected chi connectivity index (χ1v) is 8.70. The van der Waals surface area contributed by atoms with Crippen LogP contribution in [0.3, 0.4) is 0 Å². The summed E-state index contributed by atoms with van der Waals surface area (Å²) >= 11 is 0. The van der Waals surface area contributed by atoms with Gasteiger partial charge in [0.25, 0.3) is 0 Å². The van der Waals surface area contributed by atoms with Crippen molar-refractivity contribution >= 4 is 23.0 Å². The third-order valence-electron chi connectivity index (χ3n) is 4.87. The molecule has 0 atom stereocenters. The zero-order valence-electron chi connectivity index (χ0n) is 15.3. The molecule has 1 N–H and O–H groups in total. The predicted octanol–water partition coefficient (Wildman–Crippen LogP) is 2.97. The second-order valence-electron chi connectivity index (χ2n) is 6.79. The van der Waals surface area contributed by atoms with Gasteiger partial charge in [-0.05, 0) is 52.0 Å². The van der Waals surface area contributed by atoms with Crippen LogP contribution >= 0.6 is 0 Å². The van der Waals surface area contributed by atoms with Gasteiger partial charge in [0.2, 0.25) is 11.6 Å². The number of hydrogen-bond acceptors (Lipinski definition) is 7. The summed E-state index contributed by atoms with van der Waals surface area (Å²) in [5, 5.41) is 14.8. The van der Waals surface area contributed by atoms with E-state index in [4.69, 9.17) is 0 Å². The Morgan fingerprint density at radius 3 is 2.50 bits per heavy atom. The molecule has 0 amide bonds. The van der Waals surface area contributed by atoms with Crippen molar-refractivity contribution in [3.05, 3.63) is 46.3 Å². The van der Waals surface area contributed by atoms with Crippen molar-refractivity contribution < 1.29 is 4.92 Å². The smallest absolute Gasteiger partial charge is 0.351 e. The van der Waals surface area contributed by atoms with Crippen molar-refractivity contribution in [1.29, 1.82) is 0 Å². The molecule has 138 valence electrons. The first-order valence-electron chi connectivity index (χ1n) is 8.70. The summed E-state index contributed by atoms with van der Waals surface area (Å²) in [7, 11) is 3.97. The highest BCUT2D eigenvalue weighted by atomic mass is 16.6. The third-order valence-corrected chi connectivity index (χ3v) is 4.87. The van der Waals surface area contributed by atoms with Gasteiger partial charge in [-0.15, -0.1) is 0 Å². The van der Waals surface area contributed by atoms with Gasteiger partial charge in [-0.1, -0.05) is 17.7 Å². The van der Waals surface area contributed by atoms with Crippen LogP contribution in [0.25, 0.3) is 0 Å². The fourth-order valence-electron chi connectivity index (χ4n) is 3.22. The SMILES string of the molecule is Cc1ccc(Nc2ncnc(N(C)C3CCN(C)CC3)c2[N+](=O)[O-])cc1. The molecule has 1 saturated heterocycles. The number of nitro groups is 1. The number of rotatable bonds is 5. The molecular formula is C18H24N6O2. The van der Waals surface area contributed by atoms with Gasteiger partial charge in [0.05, 0.1) is 4.92 Å². The highest BCUT2D eigenvalue weighted by molar-refractivity contribution is 5.74. The Labute approximate surface area is 153 Å². The molecule has 1 fully saturated rings. The second-order valence-corrected chi connectivity index (χ2v) is 6.79. The van der Waals surface area contributed by atoms with E-state index in [2.05, 4.69) is 27.2 Å². The Morgan fingerprint density at radius 1 is 1.23 bits per heavy atom. The minimum absolute atomic E-state index is 0.0884. The molecule has 1 aliphatic heterocycles. The molecule has 8 nitrogen and oxygen atoms in total. The van der Waals surface area contributed by atoms with Crippen LogP contribution in [-0.4, -0.2) is 53.0 Å². The largest absolute Gasteiger partial charge is 0.353 e. The number of likely N-dealkylation sites (tertiary alicyclic amines) is 1. The summed E-state index contributed by atoms with van der Waals surface area (Å²) in [6, 6.07) is 7.87. The van der Waals surface area contributed by atoms with E-state index < -0.39 is 4.92 Å². The van der Waals surface area contributed by atoms with E-state index >= 15 is 0 Å². The van der Waals surface area contributed by atoms with Gasteiger partial charge >= 0.3 is 5.69 Å². The maximum atomic E-state index is 11.8. The fourth-order valence-corrected chi connectivity index (χ4v) is 3.22. The molecule has 3 rings (SSSR count). The van der Waals surface area contributed by atoms with Crippen molar-refractivity contribution in [2.75, 3.05) is 37.4 Å². The zero-order valence-corrected chi connectivity index (χ0v) is 15.3. The molecule has 0 bridgehead atoms. The standard InChI is InChI=1S/C18H24N6O2/c1-13-4-6-14(7-5-13)21-17-16(24(25)26)18(20-12-19-17)23(3)15-8-10-22(2)11-9-15/h4-7,12,15H,8-11H2,1-3H3,(H,19,20,21). The number of benzene rings is 1. The van der Waals surface area contributed by atoms with Crippen LogP contribution in [0.15, 0.2) is 30.6 Å². The van der Waals surface area contributed by atoms with E-state index in [9.17, 15) is 10.1 Å². The van der Waals surface area contributed by atoms with E-state index in [0.29, 0.717) is 5.82 Å². The molecule has 0 aliphatic carbocycles. The molecule has 1 aliphatic rings. The van der Waals surface area contributed by atoms with E-state index in [1.807, 2.05) is 43.1 Å². The number of aryl methyl sites for hydroxylation is 1. The van der Waals surface area contributed by atoms with E-state index in [-0.39, 0.29) is 17.5 Å². The Kier molecular flexibility index (Phi) is 5.32. The maximum Gasteiger partial charge on any atom is 0.353 e. The maximum absolute atomic E-state index is 11.8. The van der Waals surface area contributed by atoms with Crippen LogP contribution in [-0.2, 0) is 0 Å². The van der Waals surface area contributed by atoms with Crippen LogP contribution < -0.4 is 10.2 Å². The average Bonchev–Trinajstić information content (AvgIpc) is 2.63. The van der Waals surface area contributed by atoms with Crippen LogP contribution in [0.1, 0.15) is 18.4 Å². The number of aromatic nitrogens is 2. The van der Waals surface area contributed by atoms with Gasteiger partial charge in [-0.2, -0.15) is 0 Å². The monoisotopic (exact) mass is 356 g/mol. The number of piperidine rings is 1. The van der Waals surface area contributed by atoms with Crippen LogP contribution in [0.4, 0.5) is 23.0 Å². The molecule has 1 aromatic heterocycles. The third kappa shape index (κ3) is 3.91. The summed E-state index contributed by atoms with van der Waals surface area (Å²) in [5.41, 5.74) is 1.79. The van der Waals surface area contributed by atoms with Crippen molar-refractivity contribution in [3.8, 4) is 0 Å². The lowest BCUT2D eigenvalue weighted by atomic mass is 10.0. The molecule has 2 heterocycles. The summed E-state index contributed by atoms with van der Waals surface area (Å²) in [6.07, 6.45) is 3.29. The Hall–Kier alpha value is -2.74. The van der Waals surface area contributed by atoms with Gasteiger partial charge in [0, 0.05) is 18.8 Å². The van der Waals surface area contributed by atoms with Crippen molar-refractivity contribution in [2.24, 2.45) is 0 Å². The van der Waals surface area contributed by atoms with Crippen molar-refractivity contribution in [1.82, 2.24) is 14.9 Å². The summed E-state index contributed by atoms with van der Waals surface area (Å²) in [5.74, 6) is 0.567. The van der Waals surface area contributed by atoms with Crippen molar-refractivity contribution in [2.45, 2.75) is 25.8 Å². The van der Waals surface area contributed by atoms with Crippen LogP contribution in [0.2, 0.25) is 0 Å². The van der Waals surface area contributed by atoms with Gasteiger partial charge in [-0.3, -0.25) is 10.1 Å². The first kappa shape index (κ1) is 18.1. The first-order chi connectivity index (χ1) is 12.5. The average molecular weight is 356 g/mol. The van der Waals surface area contributed by atoms with Crippen LogP contribution in [0, 0.1) is 17.0 Å². The van der Waals surface area contributed by atoms with Gasteiger partial charge in [-0.25, -0.2) is 9.97 Å². The van der Waals surface area contributed by atoms with Gasteiger partial charge in [0.15, 0.2) is 0 Å². The number of hydrogen-bond donors (Lipinski definition) is 1. The van der Waals surface area contributed by atoms with Gasteiger partial charge < -0.3 is 15.1 Å². The molecule has 8 heteroatoms. The molecule has 1 aromatic carbocycles. The second kappa shape index (κ2) is 7.65. The molecule has 0 spiro atoms. The molecule has 26 heavy (non-hydrogen) atoms. The highest BCUT2D eigenvalue weighted by Crippen LogP contribution is 2.35. The van der Waals surface area contributed by atoms with Crippen molar-refractivity contribution in [3.63, 3.8) is 0 Å². The lowest BCUT2D eigenvalue weighted by molar-refractivity contribution is -0.383. The van der Waals surface area contributed by atoms with E-state index in [1.54, 1.807) is 0 Å². The molecular weight excluding hydrogens is 332 g/mol. The lowest BCUT2D eigenvalue weighted by Gasteiger charge is -2.35. The lowest BCUT2D eigenvalue weighted by Crippen LogP contribution is -2.42. The Bertz CT molecular complexity index is 772. The summed E-state index contributed by atoms with van der Waals surface area (Å²) in [4.78, 5) is 23.9.